The molecule has 30 heavy (non-hydrogen) atoms. The second-order valence-corrected chi connectivity index (χ2v) is 10.1. The van der Waals surface area contributed by atoms with E-state index < -0.39 is 10.0 Å². The van der Waals surface area contributed by atoms with Gasteiger partial charge in [-0.05, 0) is 66.3 Å². The van der Waals surface area contributed by atoms with Crippen LogP contribution in [0.15, 0.2) is 42.5 Å². The number of carbonyl (C=O) groups is 2. The molecule has 0 fully saturated rings. The first-order valence-corrected chi connectivity index (χ1v) is 12.0. The van der Waals surface area contributed by atoms with Crippen LogP contribution in [-0.4, -0.2) is 40.2 Å². The zero-order chi connectivity index (χ0) is 21.5. The smallest absolute Gasteiger partial charge is 0.348 e. The molecule has 0 aliphatic carbocycles. The van der Waals surface area contributed by atoms with Gasteiger partial charge in [-0.15, -0.1) is 11.3 Å². The Morgan fingerprint density at radius 1 is 1.13 bits per heavy atom. The number of hydrogen-bond acceptors (Lipinski definition) is 6. The Morgan fingerprint density at radius 2 is 1.93 bits per heavy atom. The van der Waals surface area contributed by atoms with Crippen molar-refractivity contribution < 1.29 is 22.7 Å². The number of nitrogens with one attached hydrogen (secondary N) is 1. The minimum atomic E-state index is -3.35. The molecule has 0 saturated heterocycles. The van der Waals surface area contributed by atoms with E-state index in [1.54, 1.807) is 36.4 Å². The first kappa shape index (κ1) is 20.4. The first-order valence-electron chi connectivity index (χ1n) is 9.30. The summed E-state index contributed by atoms with van der Waals surface area (Å²) in [7, 11) is -2.01. The number of fused-ring (bicyclic) bond motifs is 2. The van der Waals surface area contributed by atoms with E-state index in [-0.39, 0.29) is 11.9 Å². The highest BCUT2D eigenvalue weighted by molar-refractivity contribution is 7.92. The highest BCUT2D eigenvalue weighted by Crippen LogP contribution is 2.31. The molecule has 1 amide bonds. The van der Waals surface area contributed by atoms with E-state index in [4.69, 9.17) is 4.74 Å². The Hall–Kier alpha value is -2.91. The number of sulfonamides is 1. The van der Waals surface area contributed by atoms with Crippen LogP contribution >= 0.6 is 11.3 Å². The van der Waals surface area contributed by atoms with Gasteiger partial charge in [-0.25, -0.2) is 13.2 Å². The van der Waals surface area contributed by atoms with E-state index in [9.17, 15) is 18.0 Å². The van der Waals surface area contributed by atoms with Gasteiger partial charge in [0.1, 0.15) is 4.88 Å². The Labute approximate surface area is 178 Å². The molecule has 1 aliphatic rings. The zero-order valence-corrected chi connectivity index (χ0v) is 18.1. The van der Waals surface area contributed by atoms with Gasteiger partial charge in [0.15, 0.2) is 0 Å². The molecule has 0 spiro atoms. The number of carbonyl (C=O) groups excluding carboxylic acids is 2. The van der Waals surface area contributed by atoms with Crippen LogP contribution in [0.2, 0.25) is 0 Å². The molecule has 0 bridgehead atoms. The predicted molar refractivity (Wildman–Crippen MR) is 118 cm³/mol. The van der Waals surface area contributed by atoms with Crippen LogP contribution in [0.3, 0.4) is 0 Å². The lowest BCUT2D eigenvalue weighted by atomic mass is 10.0. The lowest BCUT2D eigenvalue weighted by molar-refractivity contribution is 0.0606. The number of anilines is 2. The summed E-state index contributed by atoms with van der Waals surface area (Å²) in [6, 6.07) is 12.2. The third-order valence-corrected chi connectivity index (χ3v) is 7.25. The summed E-state index contributed by atoms with van der Waals surface area (Å²) in [6.07, 6.45) is 2.62. The second-order valence-electron chi connectivity index (χ2n) is 7.09. The number of amides is 1. The molecule has 0 saturated carbocycles. The number of esters is 1. The van der Waals surface area contributed by atoms with E-state index in [2.05, 4.69) is 5.32 Å². The highest BCUT2D eigenvalue weighted by Gasteiger charge is 2.24. The zero-order valence-electron chi connectivity index (χ0n) is 16.5. The van der Waals surface area contributed by atoms with Crippen molar-refractivity contribution in [1.29, 1.82) is 0 Å². The van der Waals surface area contributed by atoms with Crippen molar-refractivity contribution in [2.24, 2.45) is 0 Å². The SMILES string of the molecule is COC(=O)c1cc2cc(NC(=O)c3ccc4c(c3)CCCN4S(C)(=O)=O)ccc2s1. The van der Waals surface area contributed by atoms with Crippen LogP contribution in [0.4, 0.5) is 11.4 Å². The number of thiophene rings is 1. The number of aryl methyl sites for hydroxylation is 1. The monoisotopic (exact) mass is 444 g/mol. The molecular formula is C21H20N2O5S2. The van der Waals surface area contributed by atoms with Crippen LogP contribution in [0.1, 0.15) is 32.0 Å². The summed E-state index contributed by atoms with van der Waals surface area (Å²) in [5.41, 5.74) is 2.55. The number of rotatable bonds is 4. The third kappa shape index (κ3) is 3.90. The van der Waals surface area contributed by atoms with Crippen LogP contribution in [0, 0.1) is 0 Å². The maximum Gasteiger partial charge on any atom is 0.348 e. The van der Waals surface area contributed by atoms with Gasteiger partial charge in [0.25, 0.3) is 5.91 Å². The standard InChI is InChI=1S/C21H20N2O5S2/c1-28-21(25)19-12-15-11-16(6-8-18(15)29-19)22-20(24)14-5-7-17-13(10-14)4-3-9-23(17)30(2,26)27/h5-8,10-12H,3-4,9H2,1-2H3,(H,22,24). The fourth-order valence-electron chi connectivity index (χ4n) is 3.57. The molecule has 9 heteroatoms. The molecule has 2 aromatic carbocycles. The number of nitrogens with zero attached hydrogens (tertiary/aromatic N) is 1. The topological polar surface area (TPSA) is 92.8 Å². The summed E-state index contributed by atoms with van der Waals surface area (Å²) in [4.78, 5) is 25.0. The number of hydrogen-bond donors (Lipinski definition) is 1. The van der Waals surface area contributed by atoms with Gasteiger partial charge in [0, 0.05) is 22.5 Å². The number of benzene rings is 2. The van der Waals surface area contributed by atoms with E-state index in [0.717, 1.165) is 22.1 Å². The molecule has 3 aromatic rings. The molecule has 0 atom stereocenters. The van der Waals surface area contributed by atoms with Gasteiger partial charge < -0.3 is 10.1 Å². The number of ether oxygens (including phenoxy) is 1. The lowest BCUT2D eigenvalue weighted by Gasteiger charge is -2.29. The van der Waals surface area contributed by atoms with E-state index >= 15 is 0 Å². The van der Waals surface area contributed by atoms with Crippen molar-refractivity contribution in [3.05, 3.63) is 58.5 Å². The first-order chi connectivity index (χ1) is 14.3. The van der Waals surface area contributed by atoms with E-state index in [1.165, 1.54) is 29.0 Å². The molecule has 1 N–H and O–H groups in total. The van der Waals surface area contributed by atoms with Crippen molar-refractivity contribution in [2.45, 2.75) is 12.8 Å². The van der Waals surface area contributed by atoms with Gasteiger partial charge in [-0.3, -0.25) is 9.10 Å². The highest BCUT2D eigenvalue weighted by atomic mass is 32.2. The maximum atomic E-state index is 12.8. The molecule has 2 heterocycles. The second kappa shape index (κ2) is 7.73. The van der Waals surface area contributed by atoms with Crippen molar-refractivity contribution in [3.8, 4) is 0 Å². The molecule has 1 aliphatic heterocycles. The summed E-state index contributed by atoms with van der Waals surface area (Å²) in [6.45, 7) is 0.450. The van der Waals surface area contributed by atoms with Crippen molar-refractivity contribution in [3.63, 3.8) is 0 Å². The fourth-order valence-corrected chi connectivity index (χ4v) is 5.53. The number of methoxy groups -OCH3 is 1. The molecule has 7 nitrogen and oxygen atoms in total. The van der Waals surface area contributed by atoms with Gasteiger partial charge in [0.2, 0.25) is 10.0 Å². The Morgan fingerprint density at radius 3 is 2.67 bits per heavy atom. The van der Waals surface area contributed by atoms with Crippen molar-refractivity contribution in [1.82, 2.24) is 0 Å². The van der Waals surface area contributed by atoms with Crippen LogP contribution in [0.5, 0.6) is 0 Å². The summed E-state index contributed by atoms with van der Waals surface area (Å²) < 4.78 is 31.1. The lowest BCUT2D eigenvalue weighted by Crippen LogP contribution is -2.34. The molecule has 1 aromatic heterocycles. The van der Waals surface area contributed by atoms with E-state index in [1.807, 2.05) is 6.07 Å². The van der Waals surface area contributed by atoms with Gasteiger partial charge in [-0.2, -0.15) is 0 Å². The summed E-state index contributed by atoms with van der Waals surface area (Å²) in [5.74, 6) is -0.670. The van der Waals surface area contributed by atoms with Crippen molar-refractivity contribution >= 4 is 54.7 Å². The van der Waals surface area contributed by atoms with Gasteiger partial charge >= 0.3 is 5.97 Å². The van der Waals surface area contributed by atoms with Crippen molar-refractivity contribution in [2.75, 3.05) is 29.5 Å². The van der Waals surface area contributed by atoms with Crippen LogP contribution < -0.4 is 9.62 Å². The molecule has 0 radical (unpaired) electrons. The fraction of sp³-hybridized carbons (Fsp3) is 0.238. The van der Waals surface area contributed by atoms with Crippen LogP contribution in [0.25, 0.3) is 10.1 Å². The average Bonchev–Trinajstić information content (AvgIpc) is 3.15. The summed E-state index contributed by atoms with van der Waals surface area (Å²) >= 11 is 1.33. The molecular weight excluding hydrogens is 424 g/mol. The molecule has 4 rings (SSSR count). The average molecular weight is 445 g/mol. The Balaban J connectivity index is 1.57. The minimum Gasteiger partial charge on any atom is -0.465 e. The molecule has 156 valence electrons. The Kier molecular flexibility index (Phi) is 5.25. The normalized spacial score (nSPS) is 13.7. The molecule has 0 unspecified atom stereocenters. The van der Waals surface area contributed by atoms with Gasteiger partial charge in [0.05, 0.1) is 19.1 Å². The largest absolute Gasteiger partial charge is 0.465 e. The Bertz CT molecular complexity index is 1260. The van der Waals surface area contributed by atoms with Crippen LogP contribution in [-0.2, 0) is 21.2 Å². The quantitative estimate of drug-likeness (QED) is 0.620. The third-order valence-electron chi connectivity index (χ3n) is 4.98. The predicted octanol–water partition coefficient (Wildman–Crippen LogP) is 3.65. The summed E-state index contributed by atoms with van der Waals surface area (Å²) in [5, 5.41) is 3.71. The van der Waals surface area contributed by atoms with E-state index in [0.29, 0.717) is 34.8 Å². The maximum absolute atomic E-state index is 12.8. The van der Waals surface area contributed by atoms with Gasteiger partial charge in [-0.1, -0.05) is 0 Å². The minimum absolute atomic E-state index is 0.281.